The van der Waals surface area contributed by atoms with Gasteiger partial charge in [-0.05, 0) is 5.53 Å². The molecule has 1 aromatic heterocycles. The highest BCUT2D eigenvalue weighted by Crippen LogP contribution is 2.38. The second-order valence-electron chi connectivity index (χ2n) is 4.13. The van der Waals surface area contributed by atoms with E-state index < -0.39 is 35.4 Å². The molecule has 1 aliphatic heterocycles. The van der Waals surface area contributed by atoms with Crippen LogP contribution in [0.2, 0.25) is 0 Å². The van der Waals surface area contributed by atoms with Crippen molar-refractivity contribution in [3.8, 4) is 0 Å². The van der Waals surface area contributed by atoms with Gasteiger partial charge in [-0.25, -0.2) is 4.79 Å². The molecule has 108 valence electrons. The molecule has 0 aliphatic carbocycles. The van der Waals surface area contributed by atoms with Gasteiger partial charge in [-0.15, -0.1) is 0 Å². The van der Waals surface area contributed by atoms with E-state index in [1.807, 2.05) is 27.6 Å². The first-order chi connectivity index (χ1) is 9.45. The summed E-state index contributed by atoms with van der Waals surface area (Å²) in [5.74, 6) is 0. The second-order valence-corrected chi connectivity index (χ2v) is 4.89. The number of nitrogens with zero attached hydrogens (tertiary/aromatic N) is 4. The summed E-state index contributed by atoms with van der Waals surface area (Å²) in [5.41, 5.74) is 5.46. The Morgan fingerprint density at radius 3 is 2.85 bits per heavy atom. The van der Waals surface area contributed by atoms with Gasteiger partial charge in [-0.3, -0.25) is 14.3 Å². The predicted molar refractivity (Wildman–Crippen MR) is 74.2 cm³/mol. The summed E-state index contributed by atoms with van der Waals surface area (Å²) in [4.78, 5) is 27.3. The van der Waals surface area contributed by atoms with E-state index in [-0.39, 0.29) is 4.43 Å². The van der Waals surface area contributed by atoms with Crippen LogP contribution in [-0.2, 0) is 4.74 Å². The number of hydrogen-bond donors (Lipinski definition) is 3. The minimum Gasteiger partial charge on any atom is -0.387 e. The van der Waals surface area contributed by atoms with Gasteiger partial charge in [-0.1, -0.05) is 27.7 Å². The molecular formula is C9H10IN5O5. The molecule has 1 aliphatic rings. The van der Waals surface area contributed by atoms with E-state index in [1.54, 1.807) is 0 Å². The molecule has 11 heteroatoms. The van der Waals surface area contributed by atoms with Crippen LogP contribution in [0.4, 0.5) is 0 Å². The number of aliphatic hydroxyl groups excluding tert-OH is 2. The second kappa shape index (κ2) is 5.54. The predicted octanol–water partition coefficient (Wildman–Crippen LogP) is -0.771. The zero-order valence-corrected chi connectivity index (χ0v) is 12.0. The average Bonchev–Trinajstić information content (AvgIpc) is 2.65. The summed E-state index contributed by atoms with van der Waals surface area (Å²) in [7, 11) is 0. The molecule has 10 nitrogen and oxygen atoms in total. The first-order valence-corrected chi connectivity index (χ1v) is 6.95. The molecule has 0 aromatic carbocycles. The highest BCUT2D eigenvalue weighted by molar-refractivity contribution is 14.1. The van der Waals surface area contributed by atoms with Gasteiger partial charge >= 0.3 is 5.69 Å². The molecule has 20 heavy (non-hydrogen) atoms. The summed E-state index contributed by atoms with van der Waals surface area (Å²) >= 11 is 1.83. The molecule has 3 N–H and O–H groups in total. The molecule has 2 unspecified atom stereocenters. The summed E-state index contributed by atoms with van der Waals surface area (Å²) < 4.78 is 6.37. The Hall–Kier alpha value is -1.40. The minimum absolute atomic E-state index is 0.0711. The van der Waals surface area contributed by atoms with E-state index in [0.29, 0.717) is 0 Å². The number of aliphatic hydroxyl groups is 2. The van der Waals surface area contributed by atoms with Crippen LogP contribution in [0.15, 0.2) is 27.0 Å². The van der Waals surface area contributed by atoms with E-state index in [0.717, 1.165) is 16.8 Å². The smallest absolute Gasteiger partial charge is 0.330 e. The van der Waals surface area contributed by atoms with Crippen molar-refractivity contribution in [2.24, 2.45) is 5.11 Å². The largest absolute Gasteiger partial charge is 0.387 e. The van der Waals surface area contributed by atoms with Gasteiger partial charge in [0.1, 0.15) is 12.2 Å². The molecule has 4 atom stereocenters. The Labute approximate surface area is 124 Å². The van der Waals surface area contributed by atoms with Crippen molar-refractivity contribution >= 4 is 22.6 Å². The van der Waals surface area contributed by atoms with Crippen LogP contribution >= 0.6 is 22.6 Å². The molecule has 1 aromatic rings. The molecular weight excluding hydrogens is 385 g/mol. The van der Waals surface area contributed by atoms with Gasteiger partial charge in [-0.2, -0.15) is 0 Å². The summed E-state index contributed by atoms with van der Waals surface area (Å²) in [6, 6.07) is 1.07. The van der Waals surface area contributed by atoms with E-state index in [9.17, 15) is 19.8 Å². The van der Waals surface area contributed by atoms with Gasteiger partial charge in [0.2, 0.25) is 0 Å². The molecule has 0 bridgehead atoms. The fourth-order valence-corrected chi connectivity index (χ4v) is 2.70. The quantitative estimate of drug-likeness (QED) is 0.202. The maximum absolute atomic E-state index is 11.7. The van der Waals surface area contributed by atoms with Crippen LogP contribution in [-0.4, -0.2) is 42.1 Å². The van der Waals surface area contributed by atoms with Crippen LogP contribution in [0.25, 0.3) is 10.4 Å². The lowest BCUT2D eigenvalue weighted by Gasteiger charge is -2.23. The number of halogens is 1. The topological polar surface area (TPSA) is 153 Å². The molecule has 0 saturated carbocycles. The number of aromatic nitrogens is 2. The van der Waals surface area contributed by atoms with Gasteiger partial charge in [0, 0.05) is 21.6 Å². The molecule has 2 rings (SSSR count). The van der Waals surface area contributed by atoms with Crippen molar-refractivity contribution in [3.05, 3.63) is 43.5 Å². The molecule has 0 radical (unpaired) electrons. The van der Waals surface area contributed by atoms with E-state index in [2.05, 4.69) is 10.0 Å². The first-order valence-electron chi connectivity index (χ1n) is 5.43. The number of alkyl halides is 1. The third kappa shape index (κ3) is 2.33. The third-order valence-electron chi connectivity index (χ3n) is 2.93. The van der Waals surface area contributed by atoms with Crippen molar-refractivity contribution < 1.29 is 14.9 Å². The van der Waals surface area contributed by atoms with Crippen molar-refractivity contribution in [3.63, 3.8) is 0 Å². The number of aromatic amines is 1. The van der Waals surface area contributed by atoms with Crippen molar-refractivity contribution in [2.45, 2.75) is 24.2 Å². The fourth-order valence-electron chi connectivity index (χ4n) is 1.92. The van der Waals surface area contributed by atoms with E-state index >= 15 is 0 Å². The molecule has 1 saturated heterocycles. The summed E-state index contributed by atoms with van der Waals surface area (Å²) in [6.07, 6.45) is -3.13. The Kier molecular flexibility index (Phi) is 4.15. The molecule has 0 spiro atoms. The SMILES string of the molecule is [N-]=[N+]=N[C@@]1(CI)O[C@H](n2ccc(=O)[nH]c2=O)C(O)C1O. The Balaban J connectivity index is 2.47. The lowest BCUT2D eigenvalue weighted by Crippen LogP contribution is -2.42. The zero-order chi connectivity index (χ0) is 14.9. The van der Waals surface area contributed by atoms with Crippen LogP contribution in [0, 0.1) is 0 Å². The lowest BCUT2D eigenvalue weighted by atomic mass is 10.1. The Morgan fingerprint density at radius 2 is 2.30 bits per heavy atom. The van der Waals surface area contributed by atoms with Crippen LogP contribution in [0.1, 0.15) is 6.23 Å². The van der Waals surface area contributed by atoms with Crippen LogP contribution in [0.5, 0.6) is 0 Å². The van der Waals surface area contributed by atoms with Crippen LogP contribution < -0.4 is 11.2 Å². The fraction of sp³-hybridized carbons (Fsp3) is 0.556. The lowest BCUT2D eigenvalue weighted by molar-refractivity contribution is -0.0854. The zero-order valence-electron chi connectivity index (χ0n) is 9.88. The number of H-pyrrole nitrogens is 1. The minimum atomic E-state index is -1.67. The summed E-state index contributed by atoms with van der Waals surface area (Å²) in [6.45, 7) is 0. The van der Waals surface area contributed by atoms with Gasteiger partial charge in [0.25, 0.3) is 5.56 Å². The van der Waals surface area contributed by atoms with Gasteiger partial charge in [0.15, 0.2) is 12.0 Å². The molecule has 0 amide bonds. The Bertz CT molecular complexity index is 667. The average molecular weight is 395 g/mol. The molecule has 1 fully saturated rings. The normalized spacial score (nSPS) is 32.9. The number of azide groups is 1. The highest BCUT2D eigenvalue weighted by Gasteiger charge is 2.54. The maximum Gasteiger partial charge on any atom is 0.330 e. The highest BCUT2D eigenvalue weighted by atomic mass is 127. The van der Waals surface area contributed by atoms with Crippen molar-refractivity contribution in [2.75, 3.05) is 4.43 Å². The monoisotopic (exact) mass is 395 g/mol. The van der Waals surface area contributed by atoms with Crippen LogP contribution in [0.3, 0.4) is 0 Å². The van der Waals surface area contributed by atoms with Gasteiger partial charge < -0.3 is 14.9 Å². The van der Waals surface area contributed by atoms with Gasteiger partial charge in [0.05, 0.1) is 0 Å². The van der Waals surface area contributed by atoms with E-state index in [4.69, 9.17) is 10.3 Å². The number of nitrogens with one attached hydrogen (secondary N) is 1. The van der Waals surface area contributed by atoms with E-state index in [1.165, 1.54) is 0 Å². The summed E-state index contributed by atoms with van der Waals surface area (Å²) in [5, 5.41) is 23.4. The van der Waals surface area contributed by atoms with Crippen molar-refractivity contribution in [1.82, 2.24) is 9.55 Å². The number of rotatable bonds is 3. The molecule has 2 heterocycles. The van der Waals surface area contributed by atoms with Crippen molar-refractivity contribution in [1.29, 1.82) is 0 Å². The maximum atomic E-state index is 11.7. The Morgan fingerprint density at radius 1 is 1.60 bits per heavy atom. The standard InChI is InChI=1S/C9H10IN5O5/c10-3-9(13-14-11)6(18)5(17)7(20-9)15-2-1-4(16)12-8(15)19/h1-2,5-7,17-18H,3H2,(H,12,16,19)/t5?,6?,7-,9-/m0/s1. The number of hydrogen-bond acceptors (Lipinski definition) is 6. The number of ether oxygens (including phenoxy) is 1. The third-order valence-corrected chi connectivity index (χ3v) is 4.03. The first kappa shape index (κ1) is 15.0.